The van der Waals surface area contributed by atoms with Gasteiger partial charge in [0.15, 0.2) is 0 Å². The molecule has 0 aliphatic rings. The molecule has 2 aromatic rings. The summed E-state index contributed by atoms with van der Waals surface area (Å²) in [4.78, 5) is 11.7. The maximum absolute atomic E-state index is 13.8. The van der Waals surface area contributed by atoms with Gasteiger partial charge in [0, 0.05) is 10.0 Å². The maximum atomic E-state index is 13.8. The van der Waals surface area contributed by atoms with Crippen LogP contribution in [0, 0.1) is 5.82 Å². The van der Waals surface area contributed by atoms with Gasteiger partial charge in [-0.1, -0.05) is 40.2 Å². The van der Waals surface area contributed by atoms with Crippen LogP contribution in [0.5, 0.6) is 0 Å². The van der Waals surface area contributed by atoms with Crippen LogP contribution in [0.4, 0.5) is 4.39 Å². The van der Waals surface area contributed by atoms with E-state index >= 15 is 0 Å². The van der Waals surface area contributed by atoms with Gasteiger partial charge in [0.2, 0.25) is 0 Å². The van der Waals surface area contributed by atoms with Crippen LogP contribution >= 0.6 is 15.9 Å². The minimum atomic E-state index is -0.491. The molecule has 0 atom stereocenters. The van der Waals surface area contributed by atoms with Crippen LogP contribution in [0.2, 0.25) is 0 Å². The molecule has 0 amide bonds. The topological polar surface area (TPSA) is 26.3 Å². The van der Waals surface area contributed by atoms with Crippen LogP contribution in [0.1, 0.15) is 10.4 Å². The molecule has 0 N–H and O–H groups in total. The first-order valence-electron chi connectivity index (χ1n) is 5.26. The van der Waals surface area contributed by atoms with E-state index in [1.165, 1.54) is 13.2 Å². The number of rotatable bonds is 2. The number of ether oxygens (including phenoxy) is 1. The summed E-state index contributed by atoms with van der Waals surface area (Å²) in [6, 6.07) is 11.4. The highest BCUT2D eigenvalue weighted by molar-refractivity contribution is 9.10. The van der Waals surface area contributed by atoms with Crippen molar-refractivity contribution in [1.29, 1.82) is 0 Å². The molecule has 0 heterocycles. The van der Waals surface area contributed by atoms with Crippen LogP contribution in [0.3, 0.4) is 0 Å². The Balaban J connectivity index is 2.64. The van der Waals surface area contributed by atoms with Crippen LogP contribution in [0.25, 0.3) is 11.1 Å². The summed E-state index contributed by atoms with van der Waals surface area (Å²) in [5, 5.41) is 0. The third kappa shape index (κ3) is 2.43. The molecule has 0 saturated carbocycles. The molecule has 92 valence electrons. The Bertz CT molecular complexity index is 596. The predicted octanol–water partition coefficient (Wildman–Crippen LogP) is 4.04. The Morgan fingerprint density at radius 1 is 1.17 bits per heavy atom. The molecule has 0 aliphatic carbocycles. The number of hydrogen-bond acceptors (Lipinski definition) is 2. The Morgan fingerprint density at radius 2 is 1.89 bits per heavy atom. The van der Waals surface area contributed by atoms with E-state index in [1.807, 2.05) is 0 Å². The summed E-state index contributed by atoms with van der Waals surface area (Å²) < 4.78 is 19.2. The predicted molar refractivity (Wildman–Crippen MR) is 70.9 cm³/mol. The molecule has 0 fully saturated rings. The number of carbonyl (C=O) groups excluding carboxylic acids is 1. The summed E-state index contributed by atoms with van der Waals surface area (Å²) in [6.45, 7) is 0. The highest BCUT2D eigenvalue weighted by atomic mass is 79.9. The van der Waals surface area contributed by atoms with E-state index in [-0.39, 0.29) is 5.82 Å². The molecule has 0 aromatic heterocycles. The lowest BCUT2D eigenvalue weighted by Crippen LogP contribution is -2.04. The lowest BCUT2D eigenvalue weighted by molar-refractivity contribution is 0.0601. The number of esters is 1. The van der Waals surface area contributed by atoms with Gasteiger partial charge in [-0.3, -0.25) is 0 Å². The van der Waals surface area contributed by atoms with Crippen molar-refractivity contribution in [2.24, 2.45) is 0 Å². The molecule has 0 bridgehead atoms. The molecule has 4 heteroatoms. The van der Waals surface area contributed by atoms with Crippen molar-refractivity contribution in [3.8, 4) is 11.1 Å². The fraction of sp³-hybridized carbons (Fsp3) is 0.0714. The molecule has 2 nitrogen and oxygen atoms in total. The average Bonchev–Trinajstić information content (AvgIpc) is 2.39. The Morgan fingerprint density at radius 3 is 2.56 bits per heavy atom. The summed E-state index contributed by atoms with van der Waals surface area (Å²) in [7, 11) is 1.30. The molecule has 0 unspecified atom stereocenters. The van der Waals surface area contributed by atoms with Gasteiger partial charge in [0.1, 0.15) is 5.82 Å². The Kier molecular flexibility index (Phi) is 3.77. The lowest BCUT2D eigenvalue weighted by Gasteiger charge is -2.09. The van der Waals surface area contributed by atoms with E-state index in [0.29, 0.717) is 16.7 Å². The largest absolute Gasteiger partial charge is 0.465 e. The first-order valence-corrected chi connectivity index (χ1v) is 6.05. The molecular weight excluding hydrogens is 299 g/mol. The lowest BCUT2D eigenvalue weighted by atomic mass is 9.99. The van der Waals surface area contributed by atoms with Gasteiger partial charge in [-0.15, -0.1) is 0 Å². The second kappa shape index (κ2) is 5.31. The zero-order valence-electron chi connectivity index (χ0n) is 9.61. The van der Waals surface area contributed by atoms with E-state index in [1.54, 1.807) is 36.4 Å². The van der Waals surface area contributed by atoms with Crippen LogP contribution < -0.4 is 0 Å². The molecule has 18 heavy (non-hydrogen) atoms. The smallest absolute Gasteiger partial charge is 0.338 e. The fourth-order valence-corrected chi connectivity index (χ4v) is 2.07. The van der Waals surface area contributed by atoms with Crippen molar-refractivity contribution in [3.05, 3.63) is 58.3 Å². The molecular formula is C14H10BrFO2. The maximum Gasteiger partial charge on any atom is 0.338 e. The van der Waals surface area contributed by atoms with E-state index in [0.717, 1.165) is 4.47 Å². The normalized spacial score (nSPS) is 10.2. The first kappa shape index (κ1) is 12.8. The van der Waals surface area contributed by atoms with E-state index < -0.39 is 5.97 Å². The van der Waals surface area contributed by atoms with Crippen molar-refractivity contribution in [1.82, 2.24) is 0 Å². The van der Waals surface area contributed by atoms with Gasteiger partial charge < -0.3 is 4.74 Å². The van der Waals surface area contributed by atoms with Crippen LogP contribution in [0.15, 0.2) is 46.9 Å². The van der Waals surface area contributed by atoms with Crippen molar-refractivity contribution < 1.29 is 13.9 Å². The highest BCUT2D eigenvalue weighted by Gasteiger charge is 2.15. The van der Waals surface area contributed by atoms with Crippen molar-refractivity contribution in [3.63, 3.8) is 0 Å². The second-order valence-electron chi connectivity index (χ2n) is 3.66. The molecule has 0 saturated heterocycles. The van der Waals surface area contributed by atoms with Crippen molar-refractivity contribution in [2.75, 3.05) is 7.11 Å². The molecule has 0 radical (unpaired) electrons. The third-order valence-electron chi connectivity index (χ3n) is 2.55. The van der Waals surface area contributed by atoms with Gasteiger partial charge in [-0.2, -0.15) is 0 Å². The standard InChI is InChI=1S/C14H10BrFO2/c1-18-14(17)12-8-9(15)6-7-10(12)11-4-2-3-5-13(11)16/h2-8H,1H3. The quantitative estimate of drug-likeness (QED) is 0.783. The SMILES string of the molecule is COC(=O)c1cc(Br)ccc1-c1ccccc1F. The summed E-state index contributed by atoms with van der Waals surface area (Å²) >= 11 is 3.28. The number of carbonyl (C=O) groups is 1. The zero-order chi connectivity index (χ0) is 13.1. The third-order valence-corrected chi connectivity index (χ3v) is 3.04. The zero-order valence-corrected chi connectivity index (χ0v) is 11.2. The Labute approximate surface area is 113 Å². The highest BCUT2D eigenvalue weighted by Crippen LogP contribution is 2.29. The second-order valence-corrected chi connectivity index (χ2v) is 4.58. The van der Waals surface area contributed by atoms with E-state index in [9.17, 15) is 9.18 Å². The van der Waals surface area contributed by atoms with E-state index in [2.05, 4.69) is 15.9 Å². The first-order chi connectivity index (χ1) is 8.63. The van der Waals surface area contributed by atoms with Gasteiger partial charge in [-0.05, 0) is 23.8 Å². The minimum absolute atomic E-state index is 0.331. The molecule has 0 aliphatic heterocycles. The average molecular weight is 309 g/mol. The molecule has 2 rings (SSSR count). The molecule has 2 aromatic carbocycles. The number of halogens is 2. The van der Waals surface area contributed by atoms with Crippen molar-refractivity contribution >= 4 is 21.9 Å². The number of methoxy groups -OCH3 is 1. The summed E-state index contributed by atoms with van der Waals surface area (Å²) in [5.41, 5.74) is 1.23. The van der Waals surface area contributed by atoms with Gasteiger partial charge in [0.25, 0.3) is 0 Å². The van der Waals surface area contributed by atoms with Gasteiger partial charge >= 0.3 is 5.97 Å². The van der Waals surface area contributed by atoms with Crippen LogP contribution in [-0.2, 0) is 4.74 Å². The monoisotopic (exact) mass is 308 g/mol. The van der Waals surface area contributed by atoms with Gasteiger partial charge in [-0.25, -0.2) is 9.18 Å². The molecule has 0 spiro atoms. The number of benzene rings is 2. The minimum Gasteiger partial charge on any atom is -0.465 e. The fourth-order valence-electron chi connectivity index (χ4n) is 1.71. The summed E-state index contributed by atoms with van der Waals surface area (Å²) in [5.74, 6) is -0.862. The summed E-state index contributed by atoms with van der Waals surface area (Å²) in [6.07, 6.45) is 0. The van der Waals surface area contributed by atoms with Crippen LogP contribution in [-0.4, -0.2) is 13.1 Å². The van der Waals surface area contributed by atoms with Gasteiger partial charge in [0.05, 0.1) is 12.7 Å². The van der Waals surface area contributed by atoms with E-state index in [4.69, 9.17) is 4.74 Å². The Hall–Kier alpha value is -1.68. The number of hydrogen-bond donors (Lipinski definition) is 0. The van der Waals surface area contributed by atoms with Crippen molar-refractivity contribution in [2.45, 2.75) is 0 Å².